The summed E-state index contributed by atoms with van der Waals surface area (Å²) in [7, 11) is 1.36. The second-order valence-corrected chi connectivity index (χ2v) is 5.21. The van der Waals surface area contributed by atoms with Crippen molar-refractivity contribution in [3.05, 3.63) is 54.1 Å². The molecule has 116 valence electrons. The number of nitrogens with one attached hydrogen (secondary N) is 1. The van der Waals surface area contributed by atoms with Gasteiger partial charge in [-0.15, -0.1) is 0 Å². The van der Waals surface area contributed by atoms with Gasteiger partial charge in [-0.25, -0.2) is 9.97 Å². The van der Waals surface area contributed by atoms with Gasteiger partial charge in [-0.05, 0) is 19.1 Å². The quantitative estimate of drug-likeness (QED) is 0.750. The van der Waals surface area contributed by atoms with Crippen molar-refractivity contribution < 1.29 is 9.53 Å². The molecule has 5 nitrogen and oxygen atoms in total. The first-order valence-electron chi connectivity index (χ1n) is 7.32. The lowest BCUT2D eigenvalue weighted by Crippen LogP contribution is -2.16. The molecule has 1 heterocycles. The maximum atomic E-state index is 11.4. The van der Waals surface area contributed by atoms with Crippen LogP contribution >= 0.6 is 0 Å². The van der Waals surface area contributed by atoms with Gasteiger partial charge < -0.3 is 10.1 Å². The van der Waals surface area contributed by atoms with Gasteiger partial charge in [0.25, 0.3) is 0 Å². The minimum absolute atomic E-state index is 0.0604. The van der Waals surface area contributed by atoms with E-state index in [0.29, 0.717) is 11.6 Å². The highest BCUT2D eigenvalue weighted by molar-refractivity contribution is 5.91. The molecule has 3 rings (SSSR count). The molecule has 0 fully saturated rings. The lowest BCUT2D eigenvalue weighted by Gasteiger charge is -2.10. The van der Waals surface area contributed by atoms with Crippen LogP contribution in [0.1, 0.15) is 5.56 Å². The molecule has 0 spiro atoms. The molecule has 23 heavy (non-hydrogen) atoms. The summed E-state index contributed by atoms with van der Waals surface area (Å²) in [5, 5.41) is 3.90. The minimum Gasteiger partial charge on any atom is -0.468 e. The van der Waals surface area contributed by atoms with Crippen LogP contribution in [-0.2, 0) is 9.53 Å². The van der Waals surface area contributed by atoms with E-state index in [4.69, 9.17) is 0 Å². The number of methoxy groups -OCH3 is 1. The monoisotopic (exact) mass is 307 g/mol. The fourth-order valence-corrected chi connectivity index (χ4v) is 2.27. The molecule has 0 aliphatic carbocycles. The molecule has 0 aliphatic rings. The Balaban J connectivity index is 2.06. The Morgan fingerprint density at radius 3 is 2.57 bits per heavy atom. The summed E-state index contributed by atoms with van der Waals surface area (Å²) in [5.74, 6) is 0.900. The molecule has 0 aliphatic heterocycles. The van der Waals surface area contributed by atoms with Crippen molar-refractivity contribution in [1.82, 2.24) is 9.97 Å². The second kappa shape index (κ2) is 6.44. The molecule has 1 N–H and O–H groups in total. The van der Waals surface area contributed by atoms with Crippen LogP contribution in [0.2, 0.25) is 0 Å². The Kier molecular flexibility index (Phi) is 4.19. The van der Waals surface area contributed by atoms with Gasteiger partial charge in [-0.2, -0.15) is 0 Å². The summed E-state index contributed by atoms with van der Waals surface area (Å²) < 4.78 is 4.67. The van der Waals surface area contributed by atoms with Crippen LogP contribution in [0, 0.1) is 6.92 Å². The SMILES string of the molecule is COC(=O)CNc1nc(-c2ccc(C)cc2)nc2ccccc12. The summed E-state index contributed by atoms with van der Waals surface area (Å²) in [4.78, 5) is 20.6. The highest BCUT2D eigenvalue weighted by Crippen LogP contribution is 2.24. The van der Waals surface area contributed by atoms with Gasteiger partial charge in [0.05, 0.1) is 12.6 Å². The van der Waals surface area contributed by atoms with E-state index in [0.717, 1.165) is 16.5 Å². The zero-order valence-corrected chi connectivity index (χ0v) is 13.0. The van der Waals surface area contributed by atoms with Crippen molar-refractivity contribution in [2.75, 3.05) is 19.0 Å². The van der Waals surface area contributed by atoms with Crippen molar-refractivity contribution in [2.45, 2.75) is 6.92 Å². The van der Waals surface area contributed by atoms with Crippen LogP contribution < -0.4 is 5.32 Å². The van der Waals surface area contributed by atoms with Gasteiger partial charge in [0.1, 0.15) is 12.4 Å². The lowest BCUT2D eigenvalue weighted by molar-refractivity contribution is -0.138. The zero-order valence-electron chi connectivity index (χ0n) is 13.0. The van der Waals surface area contributed by atoms with Crippen molar-refractivity contribution in [3.63, 3.8) is 0 Å². The van der Waals surface area contributed by atoms with E-state index in [-0.39, 0.29) is 12.5 Å². The van der Waals surface area contributed by atoms with E-state index in [1.807, 2.05) is 55.5 Å². The molecular formula is C18H17N3O2. The number of hydrogen-bond donors (Lipinski definition) is 1. The standard InChI is InChI=1S/C18H17N3O2/c1-12-7-9-13(10-8-12)17-20-15-6-4-3-5-14(15)18(21-17)19-11-16(22)23-2/h3-10H,11H2,1-2H3,(H,19,20,21). The van der Waals surface area contributed by atoms with Crippen LogP contribution in [0.5, 0.6) is 0 Å². The molecule has 0 saturated heterocycles. The molecule has 5 heteroatoms. The average Bonchev–Trinajstić information content (AvgIpc) is 2.59. The van der Waals surface area contributed by atoms with Gasteiger partial charge in [-0.1, -0.05) is 42.0 Å². The van der Waals surface area contributed by atoms with Gasteiger partial charge in [-0.3, -0.25) is 4.79 Å². The number of anilines is 1. The molecule has 0 atom stereocenters. The first kappa shape index (κ1) is 15.0. The summed E-state index contributed by atoms with van der Waals surface area (Å²) in [6.45, 7) is 2.10. The molecular weight excluding hydrogens is 290 g/mol. The topological polar surface area (TPSA) is 64.1 Å². The maximum absolute atomic E-state index is 11.4. The third-order valence-electron chi connectivity index (χ3n) is 3.54. The summed E-state index contributed by atoms with van der Waals surface area (Å²) in [5.41, 5.74) is 2.94. The van der Waals surface area contributed by atoms with Gasteiger partial charge in [0.2, 0.25) is 0 Å². The Morgan fingerprint density at radius 2 is 1.83 bits per heavy atom. The van der Waals surface area contributed by atoms with E-state index in [1.165, 1.54) is 12.7 Å². The number of aromatic nitrogens is 2. The molecule has 1 aromatic heterocycles. The van der Waals surface area contributed by atoms with Gasteiger partial charge >= 0.3 is 5.97 Å². The smallest absolute Gasteiger partial charge is 0.325 e. The largest absolute Gasteiger partial charge is 0.468 e. The van der Waals surface area contributed by atoms with E-state index >= 15 is 0 Å². The highest BCUT2D eigenvalue weighted by Gasteiger charge is 2.10. The third kappa shape index (κ3) is 3.29. The minimum atomic E-state index is -0.343. The Labute approximate surface area is 134 Å². The number of carbonyl (C=O) groups is 1. The van der Waals surface area contributed by atoms with Crippen LogP contribution in [-0.4, -0.2) is 29.6 Å². The van der Waals surface area contributed by atoms with E-state index in [9.17, 15) is 4.79 Å². The second-order valence-electron chi connectivity index (χ2n) is 5.21. The normalized spacial score (nSPS) is 10.5. The molecule has 0 radical (unpaired) electrons. The van der Waals surface area contributed by atoms with Crippen LogP contribution in [0.15, 0.2) is 48.5 Å². The Hall–Kier alpha value is -2.95. The van der Waals surface area contributed by atoms with E-state index in [2.05, 4.69) is 20.0 Å². The first-order chi connectivity index (χ1) is 11.2. The number of ether oxygens (including phenoxy) is 1. The number of hydrogen-bond acceptors (Lipinski definition) is 5. The van der Waals surface area contributed by atoms with Crippen LogP contribution in [0.3, 0.4) is 0 Å². The number of para-hydroxylation sites is 1. The fraction of sp³-hybridized carbons (Fsp3) is 0.167. The maximum Gasteiger partial charge on any atom is 0.325 e. The molecule has 0 unspecified atom stereocenters. The number of carbonyl (C=O) groups excluding carboxylic acids is 1. The molecule has 0 saturated carbocycles. The number of rotatable bonds is 4. The number of aryl methyl sites for hydroxylation is 1. The zero-order chi connectivity index (χ0) is 16.2. The van der Waals surface area contributed by atoms with E-state index in [1.54, 1.807) is 0 Å². The fourth-order valence-electron chi connectivity index (χ4n) is 2.27. The van der Waals surface area contributed by atoms with Crippen molar-refractivity contribution >= 4 is 22.7 Å². The van der Waals surface area contributed by atoms with Gasteiger partial charge in [0.15, 0.2) is 5.82 Å². The van der Waals surface area contributed by atoms with Gasteiger partial charge in [0, 0.05) is 10.9 Å². The number of benzene rings is 2. The number of esters is 1. The first-order valence-corrected chi connectivity index (χ1v) is 7.32. The van der Waals surface area contributed by atoms with Crippen molar-refractivity contribution in [2.24, 2.45) is 0 Å². The van der Waals surface area contributed by atoms with Crippen molar-refractivity contribution in [1.29, 1.82) is 0 Å². The Bertz CT molecular complexity index is 845. The average molecular weight is 307 g/mol. The predicted molar refractivity (Wildman–Crippen MR) is 90.2 cm³/mol. The molecule has 3 aromatic rings. The molecule has 0 bridgehead atoms. The molecule has 0 amide bonds. The molecule has 2 aromatic carbocycles. The van der Waals surface area contributed by atoms with Crippen LogP contribution in [0.25, 0.3) is 22.3 Å². The predicted octanol–water partition coefficient (Wildman–Crippen LogP) is 3.19. The van der Waals surface area contributed by atoms with E-state index < -0.39 is 0 Å². The Morgan fingerprint density at radius 1 is 1.09 bits per heavy atom. The summed E-state index contributed by atoms with van der Waals surface area (Å²) >= 11 is 0. The van der Waals surface area contributed by atoms with Crippen molar-refractivity contribution in [3.8, 4) is 11.4 Å². The number of nitrogens with zero attached hydrogens (tertiary/aromatic N) is 2. The summed E-state index contributed by atoms with van der Waals surface area (Å²) in [6, 6.07) is 15.7. The van der Waals surface area contributed by atoms with Crippen LogP contribution in [0.4, 0.5) is 5.82 Å². The third-order valence-corrected chi connectivity index (χ3v) is 3.54. The number of fused-ring (bicyclic) bond motifs is 1. The highest BCUT2D eigenvalue weighted by atomic mass is 16.5. The summed E-state index contributed by atoms with van der Waals surface area (Å²) in [6.07, 6.45) is 0. The lowest BCUT2D eigenvalue weighted by atomic mass is 10.1.